The molecule has 0 amide bonds. The van der Waals surface area contributed by atoms with E-state index in [2.05, 4.69) is 21.4 Å². The Kier molecular flexibility index (Phi) is 5.08. The number of ether oxygens (including phenoxy) is 3. The molecule has 1 aliphatic carbocycles. The average Bonchev–Trinajstić information content (AvgIpc) is 3.25. The number of pyridine rings is 3. The molecule has 11 heteroatoms. The molecule has 0 radical (unpaired) electrons. The zero-order chi connectivity index (χ0) is 26.1. The Morgan fingerprint density at radius 1 is 1.16 bits per heavy atom. The summed E-state index contributed by atoms with van der Waals surface area (Å²) in [5.41, 5.74) is -0.843. The minimum Gasteiger partial charge on any atom is -0.485 e. The number of hydrogen-bond acceptors (Lipinski definition) is 9. The number of fused-ring (bicyclic) bond motifs is 4. The van der Waals surface area contributed by atoms with Crippen LogP contribution in [-0.2, 0) is 23.4 Å². The van der Waals surface area contributed by atoms with Crippen molar-refractivity contribution in [2.24, 2.45) is 0 Å². The number of rotatable bonds is 5. The second-order valence-corrected chi connectivity index (χ2v) is 10.9. The number of nitrogens with zero attached hydrogens (tertiary/aromatic N) is 4. The van der Waals surface area contributed by atoms with E-state index in [9.17, 15) is 15.2 Å². The first-order valence-electron chi connectivity index (χ1n) is 12.8. The summed E-state index contributed by atoms with van der Waals surface area (Å²) >= 11 is 0. The van der Waals surface area contributed by atoms with Gasteiger partial charge in [0.2, 0.25) is 0 Å². The summed E-state index contributed by atoms with van der Waals surface area (Å²) in [7, 11) is 0. The standard InChI is InChI=1S/C27H26FN5O5/c28-17-10-30-18-1-2-21(34)33-14-27(35,22(17)23(18)33)13-26-5-3-25(4-6-26,15-38-26)32-11-19-16(9-29)24-20(12-31-19)36-7-8-37-24/h1-2,10,12,32,35H,3-8,11,13-15H2/t25?,26?,27-/m0/s1. The third-order valence-corrected chi connectivity index (χ3v) is 8.63. The molecule has 0 spiro atoms. The molecule has 8 rings (SSSR count). The van der Waals surface area contributed by atoms with Crippen LogP contribution in [-0.4, -0.2) is 50.6 Å². The maximum absolute atomic E-state index is 15.0. The van der Waals surface area contributed by atoms with Crippen LogP contribution < -0.4 is 20.3 Å². The third-order valence-electron chi connectivity index (χ3n) is 8.63. The summed E-state index contributed by atoms with van der Waals surface area (Å²) in [5.74, 6) is 0.305. The quantitative estimate of drug-likeness (QED) is 0.520. The van der Waals surface area contributed by atoms with Crippen LogP contribution in [0.5, 0.6) is 11.5 Å². The molecule has 196 valence electrons. The van der Waals surface area contributed by atoms with Gasteiger partial charge in [-0.1, -0.05) is 0 Å². The molecular weight excluding hydrogens is 493 g/mol. The van der Waals surface area contributed by atoms with Crippen molar-refractivity contribution in [3.8, 4) is 17.6 Å². The summed E-state index contributed by atoms with van der Waals surface area (Å²) in [5, 5.41) is 25.1. The fraction of sp³-hybridized carbons (Fsp3) is 0.481. The van der Waals surface area contributed by atoms with Gasteiger partial charge in [0.1, 0.15) is 36.3 Å². The molecule has 1 saturated carbocycles. The minimum absolute atomic E-state index is 0.0255. The summed E-state index contributed by atoms with van der Waals surface area (Å²) in [6, 6.07) is 5.16. The van der Waals surface area contributed by atoms with Crippen LogP contribution in [0.4, 0.5) is 4.39 Å². The van der Waals surface area contributed by atoms with Gasteiger partial charge in [0, 0.05) is 30.1 Å². The van der Waals surface area contributed by atoms with Crippen molar-refractivity contribution < 1.29 is 23.7 Å². The molecule has 2 N–H and O–H groups in total. The van der Waals surface area contributed by atoms with Gasteiger partial charge in [-0.25, -0.2) is 4.39 Å². The van der Waals surface area contributed by atoms with E-state index in [-0.39, 0.29) is 29.6 Å². The predicted molar refractivity (Wildman–Crippen MR) is 131 cm³/mol. The van der Waals surface area contributed by atoms with Crippen molar-refractivity contribution in [1.29, 1.82) is 5.26 Å². The SMILES string of the molecule is N#Cc1c(CNC23CCC(C[C@]4(O)Cn5c(=O)ccc6ncc(F)c4c65)(CC2)OC3)ncc2c1OCCO2. The highest BCUT2D eigenvalue weighted by Gasteiger charge is 2.55. The molecule has 3 aromatic heterocycles. The zero-order valence-corrected chi connectivity index (χ0v) is 20.6. The summed E-state index contributed by atoms with van der Waals surface area (Å²) in [4.78, 5) is 21.1. The molecule has 3 aromatic rings. The van der Waals surface area contributed by atoms with Crippen molar-refractivity contribution >= 4 is 11.0 Å². The highest BCUT2D eigenvalue weighted by atomic mass is 19.1. The molecule has 7 heterocycles. The van der Waals surface area contributed by atoms with Gasteiger partial charge >= 0.3 is 0 Å². The molecular formula is C27H26FN5O5. The van der Waals surface area contributed by atoms with Gasteiger partial charge in [-0.3, -0.25) is 14.8 Å². The Morgan fingerprint density at radius 3 is 2.74 bits per heavy atom. The Bertz CT molecular complexity index is 1560. The van der Waals surface area contributed by atoms with Gasteiger partial charge < -0.3 is 29.2 Å². The van der Waals surface area contributed by atoms with E-state index in [1.165, 1.54) is 10.6 Å². The molecule has 38 heavy (non-hydrogen) atoms. The second kappa shape index (κ2) is 8.20. The highest BCUT2D eigenvalue weighted by Crippen LogP contribution is 2.51. The number of halogens is 1. The van der Waals surface area contributed by atoms with Gasteiger partial charge in [-0.2, -0.15) is 5.26 Å². The minimum atomic E-state index is -1.57. The van der Waals surface area contributed by atoms with Crippen molar-refractivity contribution in [3.63, 3.8) is 0 Å². The van der Waals surface area contributed by atoms with Gasteiger partial charge in [-0.05, 0) is 31.7 Å². The van der Waals surface area contributed by atoms with Crippen LogP contribution in [0.15, 0.2) is 29.3 Å². The molecule has 1 atom stereocenters. The second-order valence-electron chi connectivity index (χ2n) is 10.9. The Morgan fingerprint density at radius 2 is 1.97 bits per heavy atom. The first-order chi connectivity index (χ1) is 18.3. The van der Waals surface area contributed by atoms with Crippen molar-refractivity contribution in [2.45, 2.75) is 61.9 Å². The monoisotopic (exact) mass is 519 g/mol. The first-order valence-corrected chi connectivity index (χ1v) is 12.8. The van der Waals surface area contributed by atoms with E-state index in [0.717, 1.165) is 19.0 Å². The fourth-order valence-corrected chi connectivity index (χ4v) is 6.65. The molecule has 0 unspecified atom stereocenters. The molecule has 2 bridgehead atoms. The molecule has 4 aliphatic heterocycles. The largest absolute Gasteiger partial charge is 0.485 e. The van der Waals surface area contributed by atoms with E-state index in [1.807, 2.05) is 0 Å². The van der Waals surface area contributed by atoms with Crippen LogP contribution in [0.3, 0.4) is 0 Å². The van der Waals surface area contributed by atoms with Crippen LogP contribution >= 0.6 is 0 Å². The normalized spacial score (nSPS) is 29.0. The Hall–Kier alpha value is -3.59. The first kappa shape index (κ1) is 23.5. The molecule has 2 saturated heterocycles. The Labute approximate surface area is 217 Å². The van der Waals surface area contributed by atoms with Crippen LogP contribution in [0.1, 0.15) is 48.9 Å². The van der Waals surface area contributed by atoms with Gasteiger partial charge in [0.05, 0.1) is 47.9 Å². The van der Waals surface area contributed by atoms with Crippen molar-refractivity contribution in [2.75, 3.05) is 19.8 Å². The number of nitriles is 1. The lowest BCUT2D eigenvalue weighted by Gasteiger charge is -2.55. The molecule has 3 fully saturated rings. The fourth-order valence-electron chi connectivity index (χ4n) is 6.65. The van der Waals surface area contributed by atoms with E-state index in [4.69, 9.17) is 14.2 Å². The number of aromatic nitrogens is 3. The molecule has 5 aliphatic rings. The lowest BCUT2D eigenvalue weighted by Crippen LogP contribution is -2.62. The predicted octanol–water partition coefficient (Wildman–Crippen LogP) is 2.04. The van der Waals surface area contributed by atoms with Gasteiger partial charge in [0.15, 0.2) is 11.5 Å². The van der Waals surface area contributed by atoms with Crippen LogP contribution in [0.25, 0.3) is 11.0 Å². The Balaban J connectivity index is 1.09. The number of aliphatic hydroxyl groups is 1. The van der Waals surface area contributed by atoms with E-state index in [1.54, 1.807) is 12.3 Å². The number of hydrogen-bond donors (Lipinski definition) is 2. The van der Waals surface area contributed by atoms with E-state index >= 15 is 4.39 Å². The van der Waals surface area contributed by atoms with Gasteiger partial charge in [-0.15, -0.1) is 0 Å². The number of nitrogens with one attached hydrogen (secondary N) is 1. The maximum atomic E-state index is 15.0. The van der Waals surface area contributed by atoms with Crippen molar-refractivity contribution in [3.05, 3.63) is 57.5 Å². The third kappa shape index (κ3) is 3.44. The van der Waals surface area contributed by atoms with E-state index in [0.29, 0.717) is 73.0 Å². The zero-order valence-electron chi connectivity index (χ0n) is 20.6. The summed E-state index contributed by atoms with van der Waals surface area (Å²) < 4.78 is 34.1. The average molecular weight is 520 g/mol. The van der Waals surface area contributed by atoms with Crippen LogP contribution in [0, 0.1) is 17.1 Å². The lowest BCUT2D eigenvalue weighted by atomic mass is 9.67. The lowest BCUT2D eigenvalue weighted by molar-refractivity contribution is -0.192. The maximum Gasteiger partial charge on any atom is 0.251 e. The molecule has 0 aromatic carbocycles. The highest BCUT2D eigenvalue weighted by molar-refractivity contribution is 5.81. The van der Waals surface area contributed by atoms with Crippen molar-refractivity contribution in [1.82, 2.24) is 19.9 Å². The summed E-state index contributed by atoms with van der Waals surface area (Å²) in [6.07, 6.45) is 5.81. The summed E-state index contributed by atoms with van der Waals surface area (Å²) in [6.45, 7) is 1.58. The van der Waals surface area contributed by atoms with Crippen LogP contribution in [0.2, 0.25) is 0 Å². The van der Waals surface area contributed by atoms with Gasteiger partial charge in [0.25, 0.3) is 5.56 Å². The molecule has 10 nitrogen and oxygen atoms in total. The van der Waals surface area contributed by atoms with E-state index < -0.39 is 17.0 Å². The smallest absolute Gasteiger partial charge is 0.251 e. The topological polar surface area (TPSA) is 132 Å².